The van der Waals surface area contributed by atoms with Gasteiger partial charge in [0, 0.05) is 0 Å². The third-order valence-corrected chi connectivity index (χ3v) is 3.06. The Morgan fingerprint density at radius 3 is 2.88 bits per heavy atom. The van der Waals surface area contributed by atoms with Gasteiger partial charge in [0.05, 0.1) is 11.5 Å². The third-order valence-electron chi connectivity index (χ3n) is 2.19. The van der Waals surface area contributed by atoms with Crippen LogP contribution in [0.25, 0.3) is 0 Å². The predicted molar refractivity (Wildman–Crippen MR) is 67.1 cm³/mol. The second-order valence-corrected chi connectivity index (χ2v) is 4.64. The number of esters is 1. The molecule has 1 N–H and O–H groups in total. The summed E-state index contributed by atoms with van der Waals surface area (Å²) in [5.41, 5.74) is 0. The Labute approximate surface area is 105 Å². The zero-order valence-electron chi connectivity index (χ0n) is 10.1. The molecule has 0 aliphatic heterocycles. The second kappa shape index (κ2) is 7.06. The molecule has 0 saturated heterocycles. The minimum absolute atomic E-state index is 0.236. The lowest BCUT2D eigenvalue weighted by molar-refractivity contribution is -0.145. The Kier molecular flexibility index (Phi) is 5.69. The summed E-state index contributed by atoms with van der Waals surface area (Å²) >= 11 is 1.34. The molecule has 0 radical (unpaired) electrons. The number of thiophene rings is 1. The number of amides is 1. The summed E-state index contributed by atoms with van der Waals surface area (Å²) in [6.45, 7) is 4.06. The summed E-state index contributed by atoms with van der Waals surface area (Å²) in [7, 11) is 0. The number of hydrogen-bond donors (Lipinski definition) is 1. The molecule has 1 aromatic rings. The Morgan fingerprint density at radius 1 is 1.53 bits per heavy atom. The van der Waals surface area contributed by atoms with Crippen molar-refractivity contribution in [3.8, 4) is 0 Å². The van der Waals surface area contributed by atoms with Gasteiger partial charge in [-0.25, -0.2) is 4.79 Å². The maximum Gasteiger partial charge on any atom is 0.328 e. The summed E-state index contributed by atoms with van der Waals surface area (Å²) in [5, 5.41) is 4.42. The molecule has 1 amide bonds. The van der Waals surface area contributed by atoms with E-state index in [0.717, 1.165) is 12.8 Å². The van der Waals surface area contributed by atoms with Crippen LogP contribution in [0.4, 0.5) is 0 Å². The topological polar surface area (TPSA) is 55.4 Å². The molecule has 5 heteroatoms. The molecular formula is C12H17NO3S. The molecule has 0 bridgehead atoms. The van der Waals surface area contributed by atoms with Crippen molar-refractivity contribution in [1.29, 1.82) is 0 Å². The van der Waals surface area contributed by atoms with Crippen molar-refractivity contribution < 1.29 is 14.3 Å². The molecule has 0 aromatic carbocycles. The first kappa shape index (κ1) is 13.7. The van der Waals surface area contributed by atoms with Crippen molar-refractivity contribution in [1.82, 2.24) is 5.32 Å². The van der Waals surface area contributed by atoms with Gasteiger partial charge in [-0.2, -0.15) is 0 Å². The number of hydrogen-bond acceptors (Lipinski definition) is 4. The summed E-state index contributed by atoms with van der Waals surface area (Å²) in [4.78, 5) is 23.7. The molecule has 1 atom stereocenters. The summed E-state index contributed by atoms with van der Waals surface area (Å²) in [6, 6.07) is 2.90. The summed E-state index contributed by atoms with van der Waals surface area (Å²) in [6.07, 6.45) is 1.82. The Bertz CT molecular complexity index is 362. The SMILES string of the molecule is CCCCOC(=O)[C@H](C)NC(=O)c1cccs1. The molecule has 94 valence electrons. The molecule has 1 rings (SSSR count). The van der Waals surface area contributed by atoms with Crippen LogP contribution in [0.2, 0.25) is 0 Å². The van der Waals surface area contributed by atoms with E-state index in [0.29, 0.717) is 11.5 Å². The molecule has 17 heavy (non-hydrogen) atoms. The summed E-state index contributed by atoms with van der Waals surface area (Å²) in [5.74, 6) is -0.622. The lowest BCUT2D eigenvalue weighted by Gasteiger charge is -2.12. The number of ether oxygens (including phenoxy) is 1. The van der Waals surface area contributed by atoms with E-state index in [1.54, 1.807) is 19.1 Å². The molecule has 0 unspecified atom stereocenters. The van der Waals surface area contributed by atoms with E-state index in [2.05, 4.69) is 5.32 Å². The summed E-state index contributed by atoms with van der Waals surface area (Å²) < 4.78 is 5.01. The van der Waals surface area contributed by atoms with Crippen LogP contribution in [0, 0.1) is 0 Å². The van der Waals surface area contributed by atoms with Gasteiger partial charge in [0.2, 0.25) is 0 Å². The standard InChI is InChI=1S/C12H17NO3S/c1-3-4-7-16-12(15)9(2)13-11(14)10-6-5-8-17-10/h5-6,8-9H,3-4,7H2,1-2H3,(H,13,14)/t9-/m0/s1. The molecule has 0 aliphatic carbocycles. The number of carbonyl (C=O) groups is 2. The number of unbranched alkanes of at least 4 members (excludes halogenated alkanes) is 1. The van der Waals surface area contributed by atoms with Crippen LogP contribution in [-0.4, -0.2) is 24.5 Å². The van der Waals surface area contributed by atoms with Crippen LogP contribution < -0.4 is 5.32 Å². The largest absolute Gasteiger partial charge is 0.464 e. The molecular weight excluding hydrogens is 238 g/mol. The Balaban J connectivity index is 2.35. The van der Waals surface area contributed by atoms with E-state index >= 15 is 0 Å². The lowest BCUT2D eigenvalue weighted by atomic mass is 10.3. The third kappa shape index (κ3) is 4.56. The predicted octanol–water partition coefficient (Wildman–Crippen LogP) is 2.21. The number of carbonyl (C=O) groups excluding carboxylic acids is 2. The minimum atomic E-state index is -0.610. The molecule has 0 aliphatic rings. The zero-order chi connectivity index (χ0) is 12.7. The van der Waals surface area contributed by atoms with Crippen LogP contribution in [0.1, 0.15) is 36.4 Å². The van der Waals surface area contributed by atoms with E-state index in [9.17, 15) is 9.59 Å². The van der Waals surface area contributed by atoms with Crippen molar-refractivity contribution >= 4 is 23.2 Å². The fourth-order valence-corrected chi connectivity index (χ4v) is 1.80. The van der Waals surface area contributed by atoms with Crippen LogP contribution in [-0.2, 0) is 9.53 Å². The van der Waals surface area contributed by atoms with Gasteiger partial charge in [0.25, 0.3) is 5.91 Å². The fraction of sp³-hybridized carbons (Fsp3) is 0.500. The van der Waals surface area contributed by atoms with E-state index in [-0.39, 0.29) is 11.9 Å². The van der Waals surface area contributed by atoms with Gasteiger partial charge < -0.3 is 10.1 Å². The highest BCUT2D eigenvalue weighted by Crippen LogP contribution is 2.08. The highest BCUT2D eigenvalue weighted by Gasteiger charge is 2.17. The van der Waals surface area contributed by atoms with Gasteiger partial charge in [-0.15, -0.1) is 11.3 Å². The van der Waals surface area contributed by atoms with Crippen molar-refractivity contribution in [2.45, 2.75) is 32.7 Å². The van der Waals surface area contributed by atoms with Gasteiger partial charge in [-0.05, 0) is 24.8 Å². The fourth-order valence-electron chi connectivity index (χ4n) is 1.18. The van der Waals surface area contributed by atoms with Crippen molar-refractivity contribution in [3.63, 3.8) is 0 Å². The maximum atomic E-state index is 11.6. The lowest BCUT2D eigenvalue weighted by Crippen LogP contribution is -2.39. The monoisotopic (exact) mass is 255 g/mol. The van der Waals surface area contributed by atoms with Gasteiger partial charge in [0.1, 0.15) is 6.04 Å². The van der Waals surface area contributed by atoms with Crippen molar-refractivity contribution in [2.24, 2.45) is 0 Å². The molecule has 4 nitrogen and oxygen atoms in total. The molecule has 0 saturated carbocycles. The molecule has 1 aromatic heterocycles. The smallest absolute Gasteiger partial charge is 0.328 e. The molecule has 1 heterocycles. The highest BCUT2D eigenvalue weighted by atomic mass is 32.1. The Morgan fingerprint density at radius 2 is 2.29 bits per heavy atom. The van der Waals surface area contributed by atoms with Crippen molar-refractivity contribution in [2.75, 3.05) is 6.61 Å². The zero-order valence-corrected chi connectivity index (χ0v) is 10.9. The van der Waals surface area contributed by atoms with E-state index in [4.69, 9.17) is 4.74 Å². The van der Waals surface area contributed by atoms with Crippen LogP contribution in [0.3, 0.4) is 0 Å². The quantitative estimate of drug-likeness (QED) is 0.626. The maximum absolute atomic E-state index is 11.6. The van der Waals surface area contributed by atoms with Crippen LogP contribution in [0.15, 0.2) is 17.5 Å². The van der Waals surface area contributed by atoms with Crippen LogP contribution >= 0.6 is 11.3 Å². The average Bonchev–Trinajstić information content (AvgIpc) is 2.82. The molecule has 0 spiro atoms. The first-order chi connectivity index (χ1) is 8.15. The number of rotatable bonds is 6. The average molecular weight is 255 g/mol. The van der Waals surface area contributed by atoms with Crippen molar-refractivity contribution in [3.05, 3.63) is 22.4 Å². The first-order valence-electron chi connectivity index (χ1n) is 5.66. The van der Waals surface area contributed by atoms with Gasteiger partial charge >= 0.3 is 5.97 Å². The minimum Gasteiger partial charge on any atom is -0.464 e. The van der Waals surface area contributed by atoms with E-state index in [1.807, 2.05) is 12.3 Å². The molecule has 0 fully saturated rings. The van der Waals surface area contributed by atoms with Gasteiger partial charge in [-0.3, -0.25) is 4.79 Å². The second-order valence-electron chi connectivity index (χ2n) is 3.69. The number of nitrogens with one attached hydrogen (secondary N) is 1. The van der Waals surface area contributed by atoms with Crippen LogP contribution in [0.5, 0.6) is 0 Å². The highest BCUT2D eigenvalue weighted by molar-refractivity contribution is 7.12. The first-order valence-corrected chi connectivity index (χ1v) is 6.54. The van der Waals surface area contributed by atoms with E-state index < -0.39 is 6.04 Å². The van der Waals surface area contributed by atoms with E-state index in [1.165, 1.54) is 11.3 Å². The Hall–Kier alpha value is -1.36. The van der Waals surface area contributed by atoms with Gasteiger partial charge in [0.15, 0.2) is 0 Å². The normalized spacial score (nSPS) is 11.9. The van der Waals surface area contributed by atoms with Gasteiger partial charge in [-0.1, -0.05) is 19.4 Å².